The predicted molar refractivity (Wildman–Crippen MR) is 71.1 cm³/mol. The average Bonchev–Trinajstić information content (AvgIpc) is 2.93. The van der Waals surface area contributed by atoms with Gasteiger partial charge in [0.05, 0.1) is 5.69 Å². The van der Waals surface area contributed by atoms with Gasteiger partial charge in [0.2, 0.25) is 0 Å². The summed E-state index contributed by atoms with van der Waals surface area (Å²) >= 11 is 1.66. The van der Waals surface area contributed by atoms with E-state index in [4.69, 9.17) is 5.73 Å². The molecule has 2 heterocycles. The summed E-state index contributed by atoms with van der Waals surface area (Å²) < 4.78 is 2.12. The van der Waals surface area contributed by atoms with E-state index in [-0.39, 0.29) is 0 Å². The fourth-order valence-electron chi connectivity index (χ4n) is 1.97. The molecule has 3 rings (SSSR count). The first-order valence-electron chi connectivity index (χ1n) is 5.51. The van der Waals surface area contributed by atoms with Crippen LogP contribution in [0.25, 0.3) is 16.2 Å². The minimum Gasteiger partial charge on any atom is -0.326 e. The zero-order valence-electron chi connectivity index (χ0n) is 9.55. The van der Waals surface area contributed by atoms with Crippen LogP contribution in [0.3, 0.4) is 0 Å². The molecule has 1 aromatic carbocycles. The van der Waals surface area contributed by atoms with Gasteiger partial charge in [0.15, 0.2) is 4.96 Å². The normalized spacial score (nSPS) is 11.2. The second-order valence-corrected chi connectivity index (χ2v) is 4.88. The molecule has 4 heteroatoms. The molecule has 2 aromatic heterocycles. The van der Waals surface area contributed by atoms with Crippen molar-refractivity contribution in [2.75, 3.05) is 0 Å². The predicted octanol–water partition coefficient (Wildman–Crippen LogP) is 2.83. The fraction of sp³-hybridized carbons (Fsp3) is 0.154. The molecule has 2 N–H and O–H groups in total. The van der Waals surface area contributed by atoms with Gasteiger partial charge in [-0.1, -0.05) is 24.3 Å². The van der Waals surface area contributed by atoms with Crippen molar-refractivity contribution >= 4 is 16.3 Å². The van der Waals surface area contributed by atoms with Gasteiger partial charge in [-0.2, -0.15) is 0 Å². The SMILES string of the molecule is Cc1c(-c2ccc(CN)cc2)nc2sccn12. The second kappa shape index (κ2) is 3.98. The van der Waals surface area contributed by atoms with Crippen molar-refractivity contribution in [1.82, 2.24) is 9.38 Å². The van der Waals surface area contributed by atoms with Crippen molar-refractivity contribution in [3.05, 3.63) is 47.1 Å². The molecule has 0 aliphatic carbocycles. The summed E-state index contributed by atoms with van der Waals surface area (Å²) in [6.45, 7) is 2.68. The molecule has 17 heavy (non-hydrogen) atoms. The third-order valence-electron chi connectivity index (χ3n) is 2.96. The molecular weight excluding hydrogens is 230 g/mol. The van der Waals surface area contributed by atoms with E-state index in [1.165, 1.54) is 5.69 Å². The maximum Gasteiger partial charge on any atom is 0.194 e. The lowest BCUT2D eigenvalue weighted by Crippen LogP contribution is -1.95. The zero-order valence-corrected chi connectivity index (χ0v) is 10.4. The van der Waals surface area contributed by atoms with E-state index in [0.29, 0.717) is 6.54 Å². The van der Waals surface area contributed by atoms with Crippen LogP contribution in [0.15, 0.2) is 35.8 Å². The largest absolute Gasteiger partial charge is 0.326 e. The number of aromatic nitrogens is 2. The number of hydrogen-bond donors (Lipinski definition) is 1. The summed E-state index contributed by atoms with van der Waals surface area (Å²) in [5.41, 5.74) is 10.1. The first-order valence-corrected chi connectivity index (χ1v) is 6.39. The number of hydrogen-bond acceptors (Lipinski definition) is 3. The first kappa shape index (κ1) is 10.5. The van der Waals surface area contributed by atoms with E-state index < -0.39 is 0 Å². The van der Waals surface area contributed by atoms with Gasteiger partial charge in [-0.15, -0.1) is 11.3 Å². The van der Waals surface area contributed by atoms with E-state index >= 15 is 0 Å². The van der Waals surface area contributed by atoms with E-state index in [1.807, 2.05) is 0 Å². The van der Waals surface area contributed by atoms with Crippen molar-refractivity contribution in [2.24, 2.45) is 5.73 Å². The number of nitrogens with two attached hydrogens (primary N) is 1. The highest BCUT2D eigenvalue weighted by atomic mass is 32.1. The van der Waals surface area contributed by atoms with Crippen LogP contribution in [0.4, 0.5) is 0 Å². The molecule has 0 fully saturated rings. The molecule has 0 atom stereocenters. The van der Waals surface area contributed by atoms with Crippen LogP contribution < -0.4 is 5.73 Å². The Bertz CT molecular complexity index is 649. The highest BCUT2D eigenvalue weighted by molar-refractivity contribution is 7.15. The highest BCUT2D eigenvalue weighted by Gasteiger charge is 2.10. The van der Waals surface area contributed by atoms with E-state index in [9.17, 15) is 0 Å². The molecule has 0 amide bonds. The van der Waals surface area contributed by atoms with Gasteiger partial charge in [0, 0.05) is 29.4 Å². The molecule has 3 nitrogen and oxygen atoms in total. The quantitative estimate of drug-likeness (QED) is 0.752. The van der Waals surface area contributed by atoms with Crippen LogP contribution in [-0.4, -0.2) is 9.38 Å². The van der Waals surface area contributed by atoms with Crippen LogP contribution in [0, 0.1) is 6.92 Å². The van der Waals surface area contributed by atoms with Gasteiger partial charge in [0.25, 0.3) is 0 Å². The fourth-order valence-corrected chi connectivity index (χ4v) is 2.73. The lowest BCUT2D eigenvalue weighted by molar-refractivity contribution is 1.07. The second-order valence-electron chi connectivity index (χ2n) is 4.00. The summed E-state index contributed by atoms with van der Waals surface area (Å²) in [7, 11) is 0. The number of benzene rings is 1. The average molecular weight is 243 g/mol. The Hall–Kier alpha value is -1.65. The Labute approximate surface area is 104 Å². The summed E-state index contributed by atoms with van der Waals surface area (Å²) in [5, 5.41) is 2.05. The lowest BCUT2D eigenvalue weighted by Gasteiger charge is -2.01. The summed E-state index contributed by atoms with van der Waals surface area (Å²) in [5.74, 6) is 0. The van der Waals surface area contributed by atoms with Crippen molar-refractivity contribution in [2.45, 2.75) is 13.5 Å². The Morgan fingerprint density at radius 2 is 2.06 bits per heavy atom. The minimum absolute atomic E-state index is 0.581. The standard InChI is InChI=1S/C13H13N3S/c1-9-12(15-13-16(9)6-7-17-13)11-4-2-10(8-14)3-5-11/h2-7H,8,14H2,1H3. The molecule has 0 radical (unpaired) electrons. The van der Waals surface area contributed by atoms with Crippen LogP contribution in [0.1, 0.15) is 11.3 Å². The minimum atomic E-state index is 0.581. The molecule has 0 unspecified atom stereocenters. The third kappa shape index (κ3) is 1.66. The van der Waals surface area contributed by atoms with Crippen molar-refractivity contribution in [1.29, 1.82) is 0 Å². The molecule has 3 aromatic rings. The summed E-state index contributed by atoms with van der Waals surface area (Å²) in [4.78, 5) is 5.69. The Morgan fingerprint density at radius 3 is 2.71 bits per heavy atom. The van der Waals surface area contributed by atoms with Crippen LogP contribution in [0.2, 0.25) is 0 Å². The van der Waals surface area contributed by atoms with Crippen LogP contribution >= 0.6 is 11.3 Å². The van der Waals surface area contributed by atoms with Gasteiger partial charge in [-0.25, -0.2) is 4.98 Å². The maximum absolute atomic E-state index is 5.60. The number of thiazole rings is 1. The van der Waals surface area contributed by atoms with Crippen molar-refractivity contribution in [3.63, 3.8) is 0 Å². The Morgan fingerprint density at radius 1 is 1.29 bits per heavy atom. The molecular formula is C13H13N3S. The lowest BCUT2D eigenvalue weighted by atomic mass is 10.1. The maximum atomic E-state index is 5.60. The number of rotatable bonds is 2. The molecule has 0 saturated carbocycles. The number of fused-ring (bicyclic) bond motifs is 1. The number of imidazole rings is 1. The monoisotopic (exact) mass is 243 g/mol. The van der Waals surface area contributed by atoms with E-state index in [1.54, 1.807) is 11.3 Å². The third-order valence-corrected chi connectivity index (χ3v) is 3.72. The first-order chi connectivity index (χ1) is 8.29. The molecule has 0 aliphatic heterocycles. The molecule has 0 saturated heterocycles. The summed E-state index contributed by atoms with van der Waals surface area (Å²) in [6, 6.07) is 8.29. The molecule has 0 aliphatic rings. The smallest absolute Gasteiger partial charge is 0.194 e. The van der Waals surface area contributed by atoms with Crippen molar-refractivity contribution in [3.8, 4) is 11.3 Å². The van der Waals surface area contributed by atoms with E-state index in [0.717, 1.165) is 21.8 Å². The Kier molecular flexibility index (Phi) is 2.46. The molecule has 0 bridgehead atoms. The zero-order chi connectivity index (χ0) is 11.8. The van der Waals surface area contributed by atoms with E-state index in [2.05, 4.69) is 52.2 Å². The molecule has 86 valence electrons. The van der Waals surface area contributed by atoms with Gasteiger partial charge in [-0.05, 0) is 12.5 Å². The topological polar surface area (TPSA) is 43.3 Å². The van der Waals surface area contributed by atoms with Gasteiger partial charge in [0.1, 0.15) is 0 Å². The highest BCUT2D eigenvalue weighted by Crippen LogP contribution is 2.26. The van der Waals surface area contributed by atoms with Crippen molar-refractivity contribution < 1.29 is 0 Å². The van der Waals surface area contributed by atoms with Gasteiger partial charge < -0.3 is 5.73 Å². The van der Waals surface area contributed by atoms with Crippen LogP contribution in [-0.2, 0) is 6.54 Å². The van der Waals surface area contributed by atoms with Gasteiger partial charge >= 0.3 is 0 Å². The van der Waals surface area contributed by atoms with Gasteiger partial charge in [-0.3, -0.25) is 4.40 Å². The van der Waals surface area contributed by atoms with Crippen LogP contribution in [0.5, 0.6) is 0 Å². The number of aryl methyl sites for hydroxylation is 1. The number of nitrogens with zero attached hydrogens (tertiary/aromatic N) is 2. The summed E-state index contributed by atoms with van der Waals surface area (Å²) in [6.07, 6.45) is 2.06. The molecule has 0 spiro atoms. The Balaban J connectivity index is 2.12.